The number of thiophene rings is 1. The predicted molar refractivity (Wildman–Crippen MR) is 86.0 cm³/mol. The summed E-state index contributed by atoms with van der Waals surface area (Å²) >= 11 is 1.56. The second-order valence-corrected chi connectivity index (χ2v) is 9.44. The molecule has 1 aliphatic carbocycles. The van der Waals surface area contributed by atoms with Crippen molar-refractivity contribution in [2.24, 2.45) is 11.8 Å². The van der Waals surface area contributed by atoms with Gasteiger partial charge in [-0.15, -0.1) is 11.3 Å². The van der Waals surface area contributed by atoms with Crippen molar-refractivity contribution in [1.82, 2.24) is 9.62 Å². The van der Waals surface area contributed by atoms with Gasteiger partial charge in [0.25, 0.3) is 0 Å². The summed E-state index contributed by atoms with van der Waals surface area (Å²) in [6, 6.07) is 0.592. The third-order valence-electron chi connectivity index (χ3n) is 4.67. The average molecular weight is 329 g/mol. The van der Waals surface area contributed by atoms with Crippen LogP contribution in [0.3, 0.4) is 0 Å². The number of rotatable bonds is 5. The fraction of sp³-hybridized carbons (Fsp3) is 0.733. The van der Waals surface area contributed by atoms with Crippen LogP contribution < -0.4 is 5.32 Å². The highest BCUT2D eigenvalue weighted by atomic mass is 32.2. The first-order chi connectivity index (χ1) is 9.89. The van der Waals surface area contributed by atoms with E-state index < -0.39 is 10.0 Å². The van der Waals surface area contributed by atoms with E-state index in [1.165, 1.54) is 12.8 Å². The Hall–Kier alpha value is -0.430. The largest absolute Gasteiger partial charge is 0.309 e. The maximum Gasteiger partial charge on any atom is 0.244 e. The normalized spacial score (nSPS) is 27.4. The zero-order valence-corrected chi connectivity index (χ0v) is 14.6. The molecule has 2 unspecified atom stereocenters. The van der Waals surface area contributed by atoms with Gasteiger partial charge in [0.2, 0.25) is 10.0 Å². The highest BCUT2D eigenvalue weighted by Crippen LogP contribution is 2.34. The molecular weight excluding hydrogens is 304 g/mol. The second-order valence-electron chi connectivity index (χ2n) is 6.60. The molecular formula is C15H24N2O2S2. The van der Waals surface area contributed by atoms with E-state index in [4.69, 9.17) is 0 Å². The summed E-state index contributed by atoms with van der Waals surface area (Å²) in [6.07, 6.45) is 2.43. The summed E-state index contributed by atoms with van der Waals surface area (Å²) in [7, 11) is -3.35. The Morgan fingerprint density at radius 2 is 1.90 bits per heavy atom. The molecule has 6 heteroatoms. The SMILES string of the molecule is Cc1csc(CNC2CC2)c1S(=O)(=O)N1CC(C)C(C)C1. The van der Waals surface area contributed by atoms with E-state index in [2.05, 4.69) is 19.2 Å². The Kier molecular flexibility index (Phi) is 4.16. The summed E-state index contributed by atoms with van der Waals surface area (Å²) in [5.41, 5.74) is 0.889. The van der Waals surface area contributed by atoms with E-state index in [1.807, 2.05) is 12.3 Å². The average Bonchev–Trinajstić information content (AvgIpc) is 3.08. The minimum Gasteiger partial charge on any atom is -0.309 e. The molecule has 21 heavy (non-hydrogen) atoms. The third kappa shape index (κ3) is 3.04. The van der Waals surface area contributed by atoms with Crippen molar-refractivity contribution in [3.05, 3.63) is 15.8 Å². The van der Waals surface area contributed by atoms with Crippen LogP contribution in [0.5, 0.6) is 0 Å². The van der Waals surface area contributed by atoms with Crippen LogP contribution in [0.25, 0.3) is 0 Å². The molecule has 118 valence electrons. The highest BCUT2D eigenvalue weighted by Gasteiger charge is 2.37. The molecule has 1 N–H and O–H groups in total. The Morgan fingerprint density at radius 3 is 2.48 bits per heavy atom. The van der Waals surface area contributed by atoms with E-state index in [9.17, 15) is 8.42 Å². The molecule has 0 amide bonds. The van der Waals surface area contributed by atoms with Crippen LogP contribution in [-0.2, 0) is 16.6 Å². The summed E-state index contributed by atoms with van der Waals surface area (Å²) in [5, 5.41) is 5.41. The van der Waals surface area contributed by atoms with Crippen molar-refractivity contribution in [3.63, 3.8) is 0 Å². The van der Waals surface area contributed by atoms with Gasteiger partial charge in [0.1, 0.15) is 4.90 Å². The third-order valence-corrected chi connectivity index (χ3v) is 7.97. The van der Waals surface area contributed by atoms with Gasteiger partial charge >= 0.3 is 0 Å². The lowest BCUT2D eigenvalue weighted by molar-refractivity contribution is 0.462. The first-order valence-corrected chi connectivity index (χ1v) is 10.0. The van der Waals surface area contributed by atoms with Crippen LogP contribution in [-0.4, -0.2) is 31.9 Å². The quantitative estimate of drug-likeness (QED) is 0.904. The van der Waals surface area contributed by atoms with E-state index in [0.717, 1.165) is 10.4 Å². The fourth-order valence-corrected chi connectivity index (χ4v) is 6.24. The Labute approximate surface area is 131 Å². The minimum atomic E-state index is -3.35. The molecule has 2 heterocycles. The van der Waals surface area contributed by atoms with Crippen LogP contribution in [0, 0.1) is 18.8 Å². The maximum absolute atomic E-state index is 13.0. The Balaban J connectivity index is 1.85. The van der Waals surface area contributed by atoms with E-state index in [0.29, 0.717) is 42.4 Å². The van der Waals surface area contributed by atoms with Gasteiger partial charge in [-0.3, -0.25) is 0 Å². The van der Waals surface area contributed by atoms with Crippen molar-refractivity contribution in [2.45, 2.75) is 51.1 Å². The van der Waals surface area contributed by atoms with E-state index in [1.54, 1.807) is 15.6 Å². The molecule has 0 aromatic carbocycles. The molecule has 2 fully saturated rings. The number of sulfonamides is 1. The standard InChI is InChI=1S/C15H24N2O2S2/c1-10-7-17(8-11(10)2)21(18,19)15-12(3)9-20-14(15)6-16-13-4-5-13/h9-11,13,16H,4-8H2,1-3H3. The minimum absolute atomic E-state index is 0.437. The Bertz CT molecular complexity index is 610. The van der Waals surface area contributed by atoms with Gasteiger partial charge in [-0.1, -0.05) is 13.8 Å². The van der Waals surface area contributed by atoms with Crippen LogP contribution in [0.2, 0.25) is 0 Å². The molecule has 0 spiro atoms. The van der Waals surface area contributed by atoms with Gasteiger partial charge < -0.3 is 5.32 Å². The lowest BCUT2D eigenvalue weighted by atomic mass is 10.0. The highest BCUT2D eigenvalue weighted by molar-refractivity contribution is 7.89. The van der Waals surface area contributed by atoms with Crippen molar-refractivity contribution in [1.29, 1.82) is 0 Å². The number of hydrogen-bond acceptors (Lipinski definition) is 4. The zero-order valence-electron chi connectivity index (χ0n) is 12.9. The van der Waals surface area contributed by atoms with Gasteiger partial charge in [0.15, 0.2) is 0 Å². The van der Waals surface area contributed by atoms with Crippen molar-refractivity contribution < 1.29 is 8.42 Å². The van der Waals surface area contributed by atoms with Gasteiger partial charge in [-0.05, 0) is 42.5 Å². The van der Waals surface area contributed by atoms with Crippen molar-refractivity contribution in [3.8, 4) is 0 Å². The topological polar surface area (TPSA) is 49.4 Å². The second kappa shape index (κ2) is 5.65. The number of nitrogens with one attached hydrogen (secondary N) is 1. The van der Waals surface area contributed by atoms with Crippen LogP contribution in [0.4, 0.5) is 0 Å². The van der Waals surface area contributed by atoms with Gasteiger partial charge in [0, 0.05) is 30.6 Å². The molecule has 1 aromatic rings. The van der Waals surface area contributed by atoms with Crippen LogP contribution >= 0.6 is 11.3 Å². The van der Waals surface area contributed by atoms with Gasteiger partial charge in [0.05, 0.1) is 0 Å². The first kappa shape index (κ1) is 15.5. The number of aryl methyl sites for hydroxylation is 1. The molecule has 4 nitrogen and oxygen atoms in total. The summed E-state index contributed by atoms with van der Waals surface area (Å²) in [5.74, 6) is 0.874. The molecule has 1 saturated carbocycles. The maximum atomic E-state index is 13.0. The first-order valence-electron chi connectivity index (χ1n) is 7.70. The smallest absolute Gasteiger partial charge is 0.244 e. The molecule has 0 bridgehead atoms. The molecule has 2 aliphatic rings. The van der Waals surface area contributed by atoms with E-state index >= 15 is 0 Å². The predicted octanol–water partition coefficient (Wildman–Crippen LogP) is 2.59. The fourth-order valence-electron chi connectivity index (χ4n) is 2.88. The lowest BCUT2D eigenvalue weighted by Gasteiger charge is -2.17. The summed E-state index contributed by atoms with van der Waals surface area (Å²) in [6.45, 7) is 8.15. The molecule has 0 radical (unpaired) electrons. The van der Waals surface area contributed by atoms with Gasteiger partial charge in [-0.2, -0.15) is 4.31 Å². The summed E-state index contributed by atoms with van der Waals surface area (Å²) in [4.78, 5) is 1.52. The van der Waals surface area contributed by atoms with Gasteiger partial charge in [-0.25, -0.2) is 8.42 Å². The summed E-state index contributed by atoms with van der Waals surface area (Å²) < 4.78 is 27.7. The molecule has 1 saturated heterocycles. The van der Waals surface area contributed by atoms with Crippen LogP contribution in [0.15, 0.2) is 10.3 Å². The monoisotopic (exact) mass is 328 g/mol. The lowest BCUT2D eigenvalue weighted by Crippen LogP contribution is -2.30. The van der Waals surface area contributed by atoms with Crippen molar-refractivity contribution >= 4 is 21.4 Å². The molecule has 2 atom stereocenters. The number of nitrogens with zero attached hydrogens (tertiary/aromatic N) is 1. The molecule has 1 aromatic heterocycles. The van der Waals surface area contributed by atoms with Crippen molar-refractivity contribution in [2.75, 3.05) is 13.1 Å². The zero-order chi connectivity index (χ0) is 15.2. The molecule has 1 aliphatic heterocycles. The van der Waals surface area contributed by atoms with E-state index in [-0.39, 0.29) is 0 Å². The molecule has 3 rings (SSSR count). The number of hydrogen-bond donors (Lipinski definition) is 1. The van der Waals surface area contributed by atoms with Crippen LogP contribution in [0.1, 0.15) is 37.1 Å². The Morgan fingerprint density at radius 1 is 1.29 bits per heavy atom.